The zero-order chi connectivity index (χ0) is 19.2. The molecule has 0 aromatic heterocycles. The number of aliphatic hydroxyl groups is 1. The van der Waals surface area contributed by atoms with Gasteiger partial charge in [-0.25, -0.2) is 0 Å². The molecular weight excluding hydrogens is 343 g/mol. The molecule has 0 saturated carbocycles. The highest BCUT2D eigenvalue weighted by Gasteiger charge is 2.06. The number of carbonyl (C=O) groups is 1. The maximum atomic E-state index is 9.86. The number of nitrogens with one attached hydrogen (secondary N) is 2. The first-order valence-corrected chi connectivity index (χ1v) is 9.71. The van der Waals surface area contributed by atoms with Crippen LogP contribution in [-0.4, -0.2) is 82.1 Å². The first kappa shape index (κ1) is 26.8. The molecule has 0 bridgehead atoms. The van der Waals surface area contributed by atoms with Crippen LogP contribution in [-0.2, 0) is 19.0 Å². The summed E-state index contributed by atoms with van der Waals surface area (Å²) in [6.45, 7) is 13.2. The SMILES string of the molecule is CC(C)(C)NCCOCCO.CCC=PNCCOCCOCC=O. The molecule has 0 aliphatic rings. The van der Waals surface area contributed by atoms with E-state index in [2.05, 4.69) is 43.9 Å². The summed E-state index contributed by atoms with van der Waals surface area (Å²) in [5.41, 5.74) is 0.155. The molecule has 0 aromatic rings. The number of rotatable bonds is 15. The van der Waals surface area contributed by atoms with Crippen molar-refractivity contribution in [2.45, 2.75) is 39.7 Å². The van der Waals surface area contributed by atoms with E-state index in [1.165, 1.54) is 0 Å². The van der Waals surface area contributed by atoms with E-state index in [1.807, 2.05) is 0 Å². The molecule has 7 nitrogen and oxygen atoms in total. The van der Waals surface area contributed by atoms with E-state index in [1.54, 1.807) is 0 Å². The monoisotopic (exact) mass is 380 g/mol. The van der Waals surface area contributed by atoms with Crippen LogP contribution in [0.1, 0.15) is 34.1 Å². The number of ether oxygens (including phenoxy) is 3. The Bertz CT molecular complexity index is 299. The van der Waals surface area contributed by atoms with Crippen molar-refractivity contribution in [3.05, 3.63) is 0 Å². The van der Waals surface area contributed by atoms with Gasteiger partial charge in [0, 0.05) is 18.6 Å². The fraction of sp³-hybridized carbons (Fsp3) is 0.882. The maximum Gasteiger partial charge on any atom is 0.145 e. The third-order valence-electron chi connectivity index (χ3n) is 2.42. The molecule has 0 aromatic carbocycles. The van der Waals surface area contributed by atoms with Crippen LogP contribution in [0.5, 0.6) is 0 Å². The van der Waals surface area contributed by atoms with Gasteiger partial charge in [0.25, 0.3) is 0 Å². The summed E-state index contributed by atoms with van der Waals surface area (Å²) in [7, 11) is 1.15. The molecule has 25 heavy (non-hydrogen) atoms. The summed E-state index contributed by atoms with van der Waals surface area (Å²) in [6.07, 6.45) is 1.82. The van der Waals surface area contributed by atoms with Crippen molar-refractivity contribution < 1.29 is 24.1 Å². The first-order chi connectivity index (χ1) is 12.0. The van der Waals surface area contributed by atoms with Gasteiger partial charge >= 0.3 is 0 Å². The molecule has 0 unspecified atom stereocenters. The average Bonchev–Trinajstić information content (AvgIpc) is 2.56. The third-order valence-corrected chi connectivity index (χ3v) is 3.37. The van der Waals surface area contributed by atoms with Gasteiger partial charge in [0.1, 0.15) is 12.9 Å². The predicted octanol–water partition coefficient (Wildman–Crippen LogP) is 1.26. The Kier molecular flexibility index (Phi) is 23.2. The van der Waals surface area contributed by atoms with E-state index in [-0.39, 0.29) is 18.8 Å². The number of hydrogen-bond donors (Lipinski definition) is 3. The lowest BCUT2D eigenvalue weighted by Crippen LogP contribution is -2.38. The van der Waals surface area contributed by atoms with Crippen LogP contribution < -0.4 is 10.4 Å². The fourth-order valence-electron chi connectivity index (χ4n) is 1.35. The molecule has 0 fully saturated rings. The summed E-state index contributed by atoms with van der Waals surface area (Å²) < 4.78 is 15.2. The fourth-order valence-corrected chi connectivity index (χ4v) is 1.89. The molecule has 0 rings (SSSR count). The second kappa shape index (κ2) is 21.6. The van der Waals surface area contributed by atoms with Gasteiger partial charge in [0.2, 0.25) is 0 Å². The predicted molar refractivity (Wildman–Crippen MR) is 105 cm³/mol. The minimum absolute atomic E-state index is 0.107. The Morgan fingerprint density at radius 3 is 2.24 bits per heavy atom. The van der Waals surface area contributed by atoms with Crippen molar-refractivity contribution in [1.82, 2.24) is 10.4 Å². The van der Waals surface area contributed by atoms with Gasteiger partial charge in [0.05, 0.1) is 39.6 Å². The largest absolute Gasteiger partial charge is 0.394 e. The molecule has 0 aliphatic carbocycles. The normalized spacial score (nSPS) is 11.4. The zero-order valence-corrected chi connectivity index (χ0v) is 17.1. The van der Waals surface area contributed by atoms with Crippen LogP contribution in [0.15, 0.2) is 0 Å². The lowest BCUT2D eigenvalue weighted by molar-refractivity contribution is -0.112. The van der Waals surface area contributed by atoms with E-state index in [9.17, 15) is 4.79 Å². The Morgan fingerprint density at radius 2 is 1.64 bits per heavy atom. The summed E-state index contributed by atoms with van der Waals surface area (Å²) in [4.78, 5) is 9.86. The van der Waals surface area contributed by atoms with Crippen LogP contribution in [0, 0.1) is 0 Å². The minimum atomic E-state index is 0.107. The number of hydrogen-bond acceptors (Lipinski definition) is 7. The van der Waals surface area contributed by atoms with Crippen molar-refractivity contribution in [2.24, 2.45) is 0 Å². The van der Waals surface area contributed by atoms with Crippen molar-refractivity contribution in [2.75, 3.05) is 59.3 Å². The molecular formula is C17H37N2O5P. The maximum absolute atomic E-state index is 9.86. The molecule has 0 atom stereocenters. The third kappa shape index (κ3) is 31.8. The molecule has 0 heterocycles. The topological polar surface area (TPSA) is 89.1 Å². The van der Waals surface area contributed by atoms with Crippen molar-refractivity contribution in [3.8, 4) is 0 Å². The molecule has 0 saturated heterocycles. The minimum Gasteiger partial charge on any atom is -0.394 e. The second-order valence-corrected chi connectivity index (χ2v) is 6.93. The smallest absolute Gasteiger partial charge is 0.145 e. The summed E-state index contributed by atoms with van der Waals surface area (Å²) in [6, 6.07) is 0. The highest BCUT2D eigenvalue weighted by molar-refractivity contribution is 7.36. The summed E-state index contributed by atoms with van der Waals surface area (Å²) in [5, 5.41) is 14.8. The molecule has 0 radical (unpaired) electrons. The van der Waals surface area contributed by atoms with Crippen LogP contribution in [0.3, 0.4) is 0 Å². The first-order valence-electron chi connectivity index (χ1n) is 8.75. The van der Waals surface area contributed by atoms with Crippen molar-refractivity contribution >= 4 is 20.4 Å². The highest BCUT2D eigenvalue weighted by Crippen LogP contribution is 1.96. The Morgan fingerprint density at radius 1 is 1.00 bits per heavy atom. The Hall–Kier alpha value is -0.400. The quantitative estimate of drug-likeness (QED) is 0.224. The number of aliphatic hydroxyl groups excluding tert-OH is 1. The summed E-state index contributed by atoms with van der Waals surface area (Å²) >= 11 is 0. The van der Waals surface area contributed by atoms with Crippen molar-refractivity contribution in [1.29, 1.82) is 0 Å². The molecule has 0 amide bonds. The van der Waals surface area contributed by atoms with Crippen LogP contribution in [0.25, 0.3) is 0 Å². The molecule has 150 valence electrons. The van der Waals surface area contributed by atoms with E-state index in [0.717, 1.165) is 34.2 Å². The van der Waals surface area contributed by atoms with Gasteiger partial charge in [-0.05, 0) is 41.3 Å². The van der Waals surface area contributed by atoms with Gasteiger partial charge in [-0.2, -0.15) is 0 Å². The van der Waals surface area contributed by atoms with E-state index in [4.69, 9.17) is 19.3 Å². The van der Waals surface area contributed by atoms with Gasteiger partial charge in [-0.1, -0.05) is 6.92 Å². The zero-order valence-electron chi connectivity index (χ0n) is 16.3. The Labute approximate surface area is 154 Å². The number of aldehydes is 1. The van der Waals surface area contributed by atoms with Gasteiger partial charge in [0.15, 0.2) is 0 Å². The van der Waals surface area contributed by atoms with Crippen molar-refractivity contribution in [3.63, 3.8) is 0 Å². The van der Waals surface area contributed by atoms with E-state index >= 15 is 0 Å². The van der Waals surface area contributed by atoms with E-state index in [0.29, 0.717) is 33.0 Å². The average molecular weight is 380 g/mol. The Balaban J connectivity index is 0. The lowest BCUT2D eigenvalue weighted by atomic mass is 10.1. The molecule has 0 spiro atoms. The standard InChI is InChI=1S/C9H18NO3P.C8H19NO2/c1-2-9-14-10-3-5-12-7-8-13-6-4-11;1-8(2,3)9-4-6-11-7-5-10/h4,9-10H,2-3,5-8H2,1H3;9-10H,4-7H2,1-3H3. The van der Waals surface area contributed by atoms with E-state index < -0.39 is 0 Å². The van der Waals surface area contributed by atoms with Crippen LogP contribution in [0.4, 0.5) is 0 Å². The second-order valence-electron chi connectivity index (χ2n) is 5.99. The highest BCUT2D eigenvalue weighted by atomic mass is 31.1. The van der Waals surface area contributed by atoms with Crippen LogP contribution in [0.2, 0.25) is 0 Å². The van der Waals surface area contributed by atoms with Gasteiger partial charge in [-0.15, -0.1) is 0 Å². The summed E-state index contributed by atoms with van der Waals surface area (Å²) in [5.74, 6) is 2.15. The van der Waals surface area contributed by atoms with Crippen LogP contribution >= 0.6 is 8.35 Å². The number of carbonyl (C=O) groups excluding carboxylic acids is 1. The van der Waals surface area contributed by atoms with Gasteiger partial charge < -0.3 is 29.4 Å². The molecule has 8 heteroatoms. The molecule has 3 N–H and O–H groups in total. The molecule has 0 aliphatic heterocycles. The van der Waals surface area contributed by atoms with Gasteiger partial charge in [-0.3, -0.25) is 5.09 Å². The lowest BCUT2D eigenvalue weighted by Gasteiger charge is -2.20.